The first-order valence-electron chi connectivity index (χ1n) is 24.0. The minimum Gasteiger partial charge on any atom is -0.778 e. The van der Waals surface area contributed by atoms with Crippen LogP contribution in [0.15, 0.2) is 65.2 Å². The quantitative estimate of drug-likeness (QED) is 0.0246. The van der Waals surface area contributed by atoms with Crippen LogP contribution in [0.5, 0.6) is 5.75 Å². The average molecular weight is 1230 g/mol. The Balaban J connectivity index is 0.869. The molecule has 0 spiro atoms. The minimum absolute atomic E-state index is 0.0124. The Kier molecular flexibility index (Phi) is 16.5. The zero-order chi connectivity index (χ0) is 58.8. The highest BCUT2D eigenvalue weighted by molar-refractivity contribution is 7.66. The molecule has 9 heterocycles. The molecular formula is C40H51N15O23P4. The molecule has 38 nitrogen and oxygen atoms in total. The standard InChI is InChI=1S/C40H51N15O23P4/c1-52-16-55(33-24(52)35(60)51-40(43)49-33)36-25(56)18(8-9-69-2)19(74-36)10-71-80(63,64)77-82(67,68)78-81(65,66)72-12-21-29(28(73-17-6-4-3-5-7-17)38(76-21)53-14-46-22-30(41)44-13-45-31(22)53)79(61,62)70-11-20-26(57)27(58)37(75-20)54-15-47-23-32(54)48-39(42)50-34(23)59/h3-7,13-16,18-21,25-29,36-38,56-58H,8-12H2,1-2H3,(H11-,41,42,43,44,45,48,49,50,51,59,60,61,62,63,64,65,66,67,68)/t18-,19-,20-,21-,25-,26-,27-,28-,29-,36-,37-,38-/m1/s1. The van der Waals surface area contributed by atoms with E-state index in [-0.39, 0.29) is 70.0 Å². The maximum atomic E-state index is 14.8. The number of benzene rings is 1. The number of nitrogens with zero attached hydrogens (tertiary/aromatic N) is 10. The van der Waals surface area contributed by atoms with E-state index in [1.165, 1.54) is 58.5 Å². The van der Waals surface area contributed by atoms with E-state index in [4.69, 9.17) is 54.5 Å². The molecule has 444 valence electrons. The summed E-state index contributed by atoms with van der Waals surface area (Å²) in [6.07, 6.45) is -11.7. The number of anilines is 3. The molecule has 0 bridgehead atoms. The van der Waals surface area contributed by atoms with Crippen LogP contribution in [-0.2, 0) is 66.4 Å². The number of aromatic amines is 2. The number of aromatic nitrogens is 12. The number of hydrogen-bond donors (Lipinski definition) is 11. The van der Waals surface area contributed by atoms with Gasteiger partial charge in [0, 0.05) is 19.6 Å². The molecule has 3 aliphatic heterocycles. The van der Waals surface area contributed by atoms with Gasteiger partial charge in [-0.3, -0.25) is 42.3 Å². The van der Waals surface area contributed by atoms with Gasteiger partial charge in [0.1, 0.15) is 49.6 Å². The van der Waals surface area contributed by atoms with Crippen molar-refractivity contribution in [3.05, 3.63) is 76.3 Å². The summed E-state index contributed by atoms with van der Waals surface area (Å²) in [5, 5.41) is 33.7. The van der Waals surface area contributed by atoms with Gasteiger partial charge >= 0.3 is 29.1 Å². The SMILES string of the molecule is COCC[C@H]1[C@@H](O)[C@H]([n+]2cn(C)c3c(=O)[nH]c(N)nc32)O[C@@H]1COP(=O)(O)OP(=O)(O)OP(=O)(O)OC[C@H]1O[C@@H](n2cnc3c(N)ncnc32)[C@H](Oc2ccccc2)[C@@H]1P(=O)([O-])OC[C@H]1O[C@@H](n2cnc3c(=O)[nH]c(N)nc32)[C@H](O)[C@@H]1O. The topological polar surface area (TPSA) is 545 Å². The van der Waals surface area contributed by atoms with E-state index in [1.807, 2.05) is 0 Å². The van der Waals surface area contributed by atoms with Crippen LogP contribution in [0.3, 0.4) is 0 Å². The Labute approximate surface area is 457 Å². The van der Waals surface area contributed by atoms with Crippen LogP contribution >= 0.6 is 31.1 Å². The number of aryl methyl sites for hydroxylation is 1. The van der Waals surface area contributed by atoms with Crippen LogP contribution < -0.4 is 42.5 Å². The predicted octanol–water partition coefficient (Wildman–Crippen LogP) is -2.55. The molecule has 0 amide bonds. The molecule has 3 aliphatic rings. The van der Waals surface area contributed by atoms with Gasteiger partial charge in [-0.05, 0) is 18.6 Å². The normalized spacial score (nSPS) is 28.8. The lowest BCUT2D eigenvalue weighted by molar-refractivity contribution is -0.745. The molecule has 3 saturated heterocycles. The van der Waals surface area contributed by atoms with E-state index in [9.17, 15) is 62.7 Å². The lowest BCUT2D eigenvalue weighted by Crippen LogP contribution is -2.45. The maximum Gasteiger partial charge on any atom is 0.490 e. The number of phosphoric acid groups is 3. The third-order valence-electron chi connectivity index (χ3n) is 13.3. The number of H-pyrrole nitrogens is 2. The fourth-order valence-corrected chi connectivity index (χ4v) is 14.9. The minimum atomic E-state index is -6.24. The van der Waals surface area contributed by atoms with Gasteiger partial charge < -0.3 is 84.9 Å². The number of methoxy groups -OCH3 is 1. The number of hydrogen-bond acceptors (Lipinski definition) is 29. The summed E-state index contributed by atoms with van der Waals surface area (Å²) in [4.78, 5) is 101. The number of aliphatic hydroxyl groups excluding tert-OH is 3. The summed E-state index contributed by atoms with van der Waals surface area (Å²) in [5.74, 6) is -1.62. The van der Waals surface area contributed by atoms with Gasteiger partial charge in [-0.1, -0.05) is 23.2 Å². The number of fused-ring (bicyclic) bond motifs is 3. The van der Waals surface area contributed by atoms with Crippen molar-refractivity contribution in [1.82, 2.24) is 53.6 Å². The largest absolute Gasteiger partial charge is 0.778 e. The van der Waals surface area contributed by atoms with E-state index < -0.39 is 135 Å². The van der Waals surface area contributed by atoms with Crippen molar-refractivity contribution in [2.75, 3.05) is 50.7 Å². The maximum absolute atomic E-state index is 14.8. The summed E-state index contributed by atoms with van der Waals surface area (Å²) >= 11 is 0. The summed E-state index contributed by atoms with van der Waals surface area (Å²) in [6, 6.07) is 7.55. The Bertz CT molecular complexity index is 3830. The fourth-order valence-electron chi connectivity index (χ4n) is 9.70. The smallest absolute Gasteiger partial charge is 0.490 e. The highest BCUT2D eigenvalue weighted by Gasteiger charge is 2.56. The highest BCUT2D eigenvalue weighted by Crippen LogP contribution is 2.68. The summed E-state index contributed by atoms with van der Waals surface area (Å²) < 4.78 is 113. The van der Waals surface area contributed by atoms with Crippen molar-refractivity contribution >= 4 is 82.3 Å². The average Bonchev–Trinajstić information content (AvgIpc) is 3.88. The van der Waals surface area contributed by atoms with E-state index in [2.05, 4.69) is 48.5 Å². The molecule has 4 unspecified atom stereocenters. The molecular weight excluding hydrogens is 1180 g/mol. The molecule has 0 aliphatic carbocycles. The Morgan fingerprint density at radius 2 is 1.35 bits per heavy atom. The van der Waals surface area contributed by atoms with Crippen LogP contribution in [-0.4, -0.2) is 165 Å². The van der Waals surface area contributed by atoms with Crippen molar-refractivity contribution in [2.24, 2.45) is 13.0 Å². The van der Waals surface area contributed by atoms with Gasteiger partial charge in [0.15, 0.2) is 47.5 Å². The molecule has 16 atom stereocenters. The molecule has 42 heteroatoms. The second kappa shape index (κ2) is 22.8. The van der Waals surface area contributed by atoms with E-state index in [0.29, 0.717) is 0 Å². The number of nitrogens with one attached hydrogen (secondary N) is 2. The second-order valence-corrected chi connectivity index (χ2v) is 25.2. The fraction of sp³-hybridized carbons (Fsp3) is 0.475. The van der Waals surface area contributed by atoms with Gasteiger partial charge in [0.05, 0.1) is 57.4 Å². The molecule has 10 rings (SSSR count). The number of nitrogen functional groups attached to an aromatic ring is 3. The number of aliphatic hydroxyl groups is 3. The Morgan fingerprint density at radius 1 is 0.732 bits per heavy atom. The number of rotatable bonds is 22. The summed E-state index contributed by atoms with van der Waals surface area (Å²) in [5.41, 5.74) is 13.6. The molecule has 82 heavy (non-hydrogen) atoms. The van der Waals surface area contributed by atoms with Gasteiger partial charge in [-0.2, -0.15) is 13.6 Å². The number of ether oxygens (including phenoxy) is 5. The Hall–Kier alpha value is -6.05. The molecule has 7 aromatic rings. The van der Waals surface area contributed by atoms with Gasteiger partial charge in [-0.25, -0.2) is 38.2 Å². The van der Waals surface area contributed by atoms with E-state index >= 15 is 0 Å². The predicted molar refractivity (Wildman–Crippen MR) is 270 cm³/mol. The lowest BCUT2D eigenvalue weighted by Gasteiger charge is -2.36. The van der Waals surface area contributed by atoms with E-state index in [1.54, 1.807) is 6.07 Å². The molecule has 0 saturated carbocycles. The molecule has 1 aromatic carbocycles. The van der Waals surface area contributed by atoms with Crippen LogP contribution in [0.1, 0.15) is 25.1 Å². The molecule has 3 fully saturated rings. The summed E-state index contributed by atoms with van der Waals surface area (Å²) in [6.45, 7) is -3.34. The van der Waals surface area contributed by atoms with E-state index in [0.717, 1.165) is 23.5 Å². The van der Waals surface area contributed by atoms with Crippen LogP contribution in [0.2, 0.25) is 0 Å². The van der Waals surface area contributed by atoms with Gasteiger partial charge in [0.2, 0.25) is 17.7 Å². The molecule has 6 aromatic heterocycles. The zero-order valence-electron chi connectivity index (χ0n) is 42.3. The van der Waals surface area contributed by atoms with Crippen LogP contribution in [0.25, 0.3) is 33.5 Å². The van der Waals surface area contributed by atoms with Crippen molar-refractivity contribution in [3.63, 3.8) is 0 Å². The lowest BCUT2D eigenvalue weighted by atomic mass is 9.95. The Morgan fingerprint density at radius 3 is 2.05 bits per heavy atom. The van der Waals surface area contributed by atoms with Crippen LogP contribution in [0, 0.1) is 5.92 Å². The summed E-state index contributed by atoms with van der Waals surface area (Å²) in [7, 11) is -20.9. The number of para-hydroxylation sites is 1. The first kappa shape index (κ1) is 59.1. The third-order valence-corrected chi connectivity index (χ3v) is 19.4. The second-order valence-electron chi connectivity index (χ2n) is 18.6. The molecule has 0 radical (unpaired) electrons. The monoisotopic (exact) mass is 1230 g/mol. The highest BCUT2D eigenvalue weighted by atomic mass is 31.3. The van der Waals surface area contributed by atoms with Gasteiger partial charge in [0.25, 0.3) is 17.1 Å². The van der Waals surface area contributed by atoms with Crippen molar-refractivity contribution < 1.29 is 104 Å². The van der Waals surface area contributed by atoms with Gasteiger partial charge in [-0.15, -0.1) is 0 Å². The number of nitrogens with two attached hydrogens (primary N) is 3. The van der Waals surface area contributed by atoms with Crippen molar-refractivity contribution in [1.29, 1.82) is 0 Å². The van der Waals surface area contributed by atoms with Crippen molar-refractivity contribution in [2.45, 2.75) is 73.5 Å². The zero-order valence-corrected chi connectivity index (χ0v) is 45.9. The first-order chi connectivity index (χ1) is 38.7. The first-order valence-corrected chi connectivity index (χ1v) is 30.1. The number of imidazole rings is 3. The van der Waals surface area contributed by atoms with Crippen molar-refractivity contribution in [3.8, 4) is 5.75 Å². The van der Waals surface area contributed by atoms with Crippen LogP contribution in [0.4, 0.5) is 17.7 Å². The number of phosphoric ester groups is 2. The third kappa shape index (κ3) is 11.9. The molecule has 14 N–H and O–H groups in total.